The van der Waals surface area contributed by atoms with Gasteiger partial charge < -0.3 is 14.1 Å². The van der Waals surface area contributed by atoms with E-state index in [1.807, 2.05) is 10.6 Å². The van der Waals surface area contributed by atoms with E-state index in [1.54, 1.807) is 42.5 Å². The molecule has 0 bridgehead atoms. The Morgan fingerprint density at radius 2 is 2.14 bits per heavy atom. The number of thioether (sulfide) groups is 1. The number of carbonyl (C=O) groups is 1. The number of hydrogen-bond donors (Lipinski definition) is 0. The van der Waals surface area contributed by atoms with Crippen LogP contribution in [0.3, 0.4) is 0 Å². The molecule has 0 saturated heterocycles. The third-order valence-corrected chi connectivity index (χ3v) is 4.96. The maximum Gasteiger partial charge on any atom is 0.233 e. The molecule has 29 heavy (non-hydrogen) atoms. The molecule has 0 N–H and O–H groups in total. The van der Waals surface area contributed by atoms with Crippen LogP contribution in [0, 0.1) is 5.82 Å². The molecule has 0 atom stereocenters. The van der Waals surface area contributed by atoms with Crippen molar-refractivity contribution in [2.75, 3.05) is 12.8 Å². The Hall–Kier alpha value is -3.07. The summed E-state index contributed by atoms with van der Waals surface area (Å²) >= 11 is 1.30. The molecule has 152 valence electrons. The summed E-state index contributed by atoms with van der Waals surface area (Å²) in [4.78, 5) is 14.0. The van der Waals surface area contributed by atoms with Crippen LogP contribution in [0.2, 0.25) is 0 Å². The third-order valence-electron chi connectivity index (χ3n) is 4.01. The van der Waals surface area contributed by atoms with E-state index in [2.05, 4.69) is 16.8 Å². The van der Waals surface area contributed by atoms with E-state index in [-0.39, 0.29) is 24.1 Å². The second-order valence-corrected chi connectivity index (χ2v) is 7.10. The molecule has 7 nitrogen and oxygen atoms in total. The summed E-state index contributed by atoms with van der Waals surface area (Å²) in [6.45, 7) is 4.81. The van der Waals surface area contributed by atoms with Gasteiger partial charge in [-0.05, 0) is 36.4 Å². The number of rotatable bonds is 10. The molecule has 0 fully saturated rings. The maximum atomic E-state index is 13.0. The van der Waals surface area contributed by atoms with Crippen LogP contribution in [-0.2, 0) is 24.5 Å². The highest BCUT2D eigenvalue weighted by molar-refractivity contribution is 7.99. The number of furan rings is 1. The summed E-state index contributed by atoms with van der Waals surface area (Å²) in [7, 11) is 1.72. The van der Waals surface area contributed by atoms with Gasteiger partial charge in [0.1, 0.15) is 23.9 Å². The number of allylic oxidation sites excluding steroid dienone is 1. The Bertz CT molecular complexity index is 941. The lowest BCUT2D eigenvalue weighted by Gasteiger charge is -2.15. The highest BCUT2D eigenvalue weighted by atomic mass is 32.2. The number of amides is 1. The molecule has 0 aliphatic rings. The maximum absolute atomic E-state index is 13.0. The van der Waals surface area contributed by atoms with Gasteiger partial charge in [-0.2, -0.15) is 0 Å². The first-order valence-corrected chi connectivity index (χ1v) is 9.86. The van der Waals surface area contributed by atoms with Crippen molar-refractivity contribution >= 4 is 17.7 Å². The van der Waals surface area contributed by atoms with Crippen LogP contribution in [0.15, 0.2) is 64.9 Å². The second-order valence-electron chi connectivity index (χ2n) is 6.16. The zero-order chi connectivity index (χ0) is 20.6. The van der Waals surface area contributed by atoms with E-state index >= 15 is 0 Å². The Labute approximate surface area is 172 Å². The van der Waals surface area contributed by atoms with E-state index in [0.717, 1.165) is 5.76 Å². The van der Waals surface area contributed by atoms with Crippen molar-refractivity contribution in [3.63, 3.8) is 0 Å². The fourth-order valence-corrected chi connectivity index (χ4v) is 3.39. The van der Waals surface area contributed by atoms with Crippen LogP contribution >= 0.6 is 11.8 Å². The van der Waals surface area contributed by atoms with Crippen molar-refractivity contribution in [2.45, 2.75) is 24.9 Å². The average Bonchev–Trinajstić information content (AvgIpc) is 3.36. The van der Waals surface area contributed by atoms with Crippen LogP contribution in [0.1, 0.15) is 11.6 Å². The van der Waals surface area contributed by atoms with Gasteiger partial charge in [0, 0.05) is 13.6 Å². The van der Waals surface area contributed by atoms with Crippen molar-refractivity contribution in [2.24, 2.45) is 0 Å². The fraction of sp³-hybridized carbons (Fsp3) is 0.250. The van der Waals surface area contributed by atoms with E-state index < -0.39 is 0 Å². The minimum absolute atomic E-state index is 0.0522. The Morgan fingerprint density at radius 1 is 1.34 bits per heavy atom. The third kappa shape index (κ3) is 5.71. The van der Waals surface area contributed by atoms with Gasteiger partial charge >= 0.3 is 0 Å². The van der Waals surface area contributed by atoms with Crippen LogP contribution in [0.4, 0.5) is 4.39 Å². The molecule has 3 rings (SSSR count). The van der Waals surface area contributed by atoms with Crippen molar-refractivity contribution in [1.82, 2.24) is 19.7 Å². The lowest BCUT2D eigenvalue weighted by Crippen LogP contribution is -2.27. The summed E-state index contributed by atoms with van der Waals surface area (Å²) < 4.78 is 25.8. The molecule has 1 aromatic carbocycles. The molecule has 1 amide bonds. The first-order valence-electron chi connectivity index (χ1n) is 8.87. The number of benzene rings is 1. The topological polar surface area (TPSA) is 73.4 Å². The molecule has 0 saturated carbocycles. The predicted molar refractivity (Wildman–Crippen MR) is 107 cm³/mol. The zero-order valence-electron chi connectivity index (χ0n) is 16.0. The molecule has 0 aliphatic carbocycles. The molecule has 0 aliphatic heterocycles. The summed E-state index contributed by atoms with van der Waals surface area (Å²) in [6.07, 6.45) is 3.30. The molecule has 9 heteroatoms. The first-order chi connectivity index (χ1) is 14.1. The molecule has 2 heterocycles. The van der Waals surface area contributed by atoms with Crippen LogP contribution in [0.25, 0.3) is 0 Å². The zero-order valence-corrected chi connectivity index (χ0v) is 16.8. The van der Waals surface area contributed by atoms with E-state index in [4.69, 9.17) is 9.15 Å². The van der Waals surface area contributed by atoms with Gasteiger partial charge in [0.05, 0.1) is 18.6 Å². The quantitative estimate of drug-likeness (QED) is 0.372. The summed E-state index contributed by atoms with van der Waals surface area (Å²) in [5.74, 6) is 1.68. The Morgan fingerprint density at radius 3 is 2.83 bits per heavy atom. The Kier molecular flexibility index (Phi) is 7.07. The van der Waals surface area contributed by atoms with Crippen LogP contribution in [-0.4, -0.2) is 38.4 Å². The van der Waals surface area contributed by atoms with E-state index in [1.165, 1.54) is 23.9 Å². The summed E-state index contributed by atoms with van der Waals surface area (Å²) in [5.41, 5.74) is 0. The van der Waals surface area contributed by atoms with Gasteiger partial charge in [0.15, 0.2) is 11.0 Å². The van der Waals surface area contributed by atoms with Crippen molar-refractivity contribution in [1.29, 1.82) is 0 Å². The van der Waals surface area contributed by atoms with Gasteiger partial charge in [0.25, 0.3) is 0 Å². The van der Waals surface area contributed by atoms with Crippen LogP contribution in [0.5, 0.6) is 5.75 Å². The minimum Gasteiger partial charge on any atom is -0.486 e. The largest absolute Gasteiger partial charge is 0.486 e. The van der Waals surface area contributed by atoms with E-state index in [9.17, 15) is 9.18 Å². The normalized spacial score (nSPS) is 10.7. The minimum atomic E-state index is -0.326. The molecule has 0 radical (unpaired) electrons. The average molecular weight is 416 g/mol. The number of aromatic nitrogens is 3. The molecule has 2 aromatic heterocycles. The highest BCUT2D eigenvalue weighted by Gasteiger charge is 2.16. The van der Waals surface area contributed by atoms with E-state index in [0.29, 0.717) is 29.8 Å². The summed E-state index contributed by atoms with van der Waals surface area (Å²) in [6, 6.07) is 9.37. The number of halogens is 1. The highest BCUT2D eigenvalue weighted by Crippen LogP contribution is 2.20. The fourth-order valence-electron chi connectivity index (χ4n) is 2.48. The van der Waals surface area contributed by atoms with Crippen molar-refractivity contribution in [3.8, 4) is 5.75 Å². The second kappa shape index (κ2) is 9.92. The van der Waals surface area contributed by atoms with Crippen LogP contribution < -0.4 is 4.74 Å². The van der Waals surface area contributed by atoms with Gasteiger partial charge in [-0.15, -0.1) is 16.8 Å². The lowest BCUT2D eigenvalue weighted by molar-refractivity contribution is -0.127. The molecular formula is C20H21FN4O3S. The molecule has 3 aromatic rings. The van der Waals surface area contributed by atoms with Gasteiger partial charge in [-0.1, -0.05) is 17.8 Å². The number of ether oxygens (including phenoxy) is 1. The Balaban J connectivity index is 1.59. The van der Waals surface area contributed by atoms with Crippen molar-refractivity contribution < 1.29 is 18.3 Å². The SMILES string of the molecule is C=CCn1c(COc2ccc(F)cc2)nnc1SCC(=O)N(C)Cc1ccco1. The van der Waals surface area contributed by atoms with Gasteiger partial charge in [-0.25, -0.2) is 4.39 Å². The lowest BCUT2D eigenvalue weighted by atomic mass is 10.3. The number of carbonyl (C=O) groups excluding carboxylic acids is 1. The van der Waals surface area contributed by atoms with Gasteiger partial charge in [-0.3, -0.25) is 9.36 Å². The number of nitrogens with zero attached hydrogens (tertiary/aromatic N) is 4. The van der Waals surface area contributed by atoms with Gasteiger partial charge in [0.2, 0.25) is 5.91 Å². The molecule has 0 unspecified atom stereocenters. The number of hydrogen-bond acceptors (Lipinski definition) is 6. The molecule has 0 spiro atoms. The standard InChI is InChI=1S/C20H21FN4O3S/c1-3-10-25-18(13-28-16-8-6-15(21)7-9-16)22-23-20(25)29-14-19(26)24(2)12-17-5-4-11-27-17/h3-9,11H,1,10,12-14H2,2H3. The smallest absolute Gasteiger partial charge is 0.233 e. The summed E-state index contributed by atoms with van der Waals surface area (Å²) in [5, 5.41) is 8.92. The molecular weight excluding hydrogens is 395 g/mol. The first kappa shape index (κ1) is 20.7. The predicted octanol–water partition coefficient (Wildman–Crippen LogP) is 3.53. The monoisotopic (exact) mass is 416 g/mol. The van der Waals surface area contributed by atoms with Crippen molar-refractivity contribution in [3.05, 3.63) is 72.7 Å².